The minimum Gasteiger partial charge on any atom is -0.327 e. The molecule has 0 bridgehead atoms. The van der Waals surface area contributed by atoms with E-state index in [1.165, 1.54) is 0 Å². The fourth-order valence-electron chi connectivity index (χ4n) is 2.63. The first-order valence-corrected chi connectivity index (χ1v) is 7.97. The summed E-state index contributed by atoms with van der Waals surface area (Å²) in [5, 5.41) is 2.70. The molecule has 0 aliphatic rings. The molecule has 2 aromatic carbocycles. The van der Waals surface area contributed by atoms with Crippen molar-refractivity contribution in [3.05, 3.63) is 87.8 Å². The van der Waals surface area contributed by atoms with Gasteiger partial charge in [0.25, 0.3) is 11.5 Å². The van der Waals surface area contributed by atoms with Gasteiger partial charge in [0.2, 0.25) is 0 Å². The van der Waals surface area contributed by atoms with Crippen LogP contribution in [0.1, 0.15) is 21.5 Å². The van der Waals surface area contributed by atoms with E-state index in [-0.39, 0.29) is 17.2 Å². The lowest BCUT2D eigenvalue weighted by Crippen LogP contribution is -2.20. The van der Waals surface area contributed by atoms with Crippen LogP contribution in [-0.4, -0.2) is 10.9 Å². The normalized spacial score (nSPS) is 10.5. The summed E-state index contributed by atoms with van der Waals surface area (Å²) in [4.78, 5) is 27.2. The number of aromatic nitrogens is 1. The minimum absolute atomic E-state index is 0.235. The molecular weight excluding hydrogens is 314 g/mol. The molecule has 0 aliphatic carbocycles. The van der Waals surface area contributed by atoms with Crippen molar-refractivity contribution in [3.8, 4) is 11.1 Å². The number of H-pyrrole nitrogens is 1. The van der Waals surface area contributed by atoms with Gasteiger partial charge in [-0.1, -0.05) is 42.5 Å². The fraction of sp³-hybridized carbons (Fsp3) is 0.100. The number of hydrogen-bond donors (Lipinski definition) is 3. The number of nitrogens with one attached hydrogen (secondary N) is 2. The van der Waals surface area contributed by atoms with Crippen LogP contribution >= 0.6 is 0 Å². The van der Waals surface area contributed by atoms with E-state index in [1.807, 2.05) is 43.3 Å². The minimum atomic E-state index is -0.330. The quantitative estimate of drug-likeness (QED) is 0.685. The van der Waals surface area contributed by atoms with Crippen molar-refractivity contribution in [2.24, 2.45) is 5.73 Å². The SMILES string of the molecule is Cc1c[nH]c(=O)c(NC(=O)c2ccccc2-c2ccc(CN)cc2)c1. The monoisotopic (exact) mass is 333 g/mol. The van der Waals surface area contributed by atoms with Crippen molar-refractivity contribution < 1.29 is 4.79 Å². The molecule has 3 rings (SSSR count). The molecule has 0 aliphatic heterocycles. The molecule has 3 aromatic rings. The highest BCUT2D eigenvalue weighted by Gasteiger charge is 2.14. The van der Waals surface area contributed by atoms with Gasteiger partial charge in [-0.2, -0.15) is 0 Å². The van der Waals surface area contributed by atoms with Crippen LogP contribution in [0.3, 0.4) is 0 Å². The maximum absolute atomic E-state index is 12.7. The van der Waals surface area contributed by atoms with Gasteiger partial charge in [0.05, 0.1) is 0 Å². The number of rotatable bonds is 4. The Balaban J connectivity index is 1.95. The maximum Gasteiger partial charge on any atom is 0.271 e. The van der Waals surface area contributed by atoms with Gasteiger partial charge in [0.15, 0.2) is 0 Å². The van der Waals surface area contributed by atoms with Crippen molar-refractivity contribution in [2.75, 3.05) is 5.32 Å². The molecule has 1 aromatic heterocycles. The smallest absolute Gasteiger partial charge is 0.271 e. The summed E-state index contributed by atoms with van der Waals surface area (Å²) in [6.45, 7) is 2.32. The second-order valence-corrected chi connectivity index (χ2v) is 5.82. The third-order valence-electron chi connectivity index (χ3n) is 3.97. The topological polar surface area (TPSA) is 88.0 Å². The lowest BCUT2D eigenvalue weighted by atomic mass is 9.98. The van der Waals surface area contributed by atoms with Crippen molar-refractivity contribution in [3.63, 3.8) is 0 Å². The lowest BCUT2D eigenvalue weighted by Gasteiger charge is -2.11. The van der Waals surface area contributed by atoms with E-state index in [2.05, 4.69) is 10.3 Å². The molecule has 0 unspecified atom stereocenters. The van der Waals surface area contributed by atoms with Crippen molar-refractivity contribution in [2.45, 2.75) is 13.5 Å². The molecule has 0 spiro atoms. The summed E-state index contributed by atoms with van der Waals surface area (Å²) in [6, 6.07) is 16.7. The van der Waals surface area contributed by atoms with Crippen LogP contribution < -0.4 is 16.6 Å². The third kappa shape index (κ3) is 3.67. The van der Waals surface area contributed by atoms with Crippen LogP contribution in [0.2, 0.25) is 0 Å². The lowest BCUT2D eigenvalue weighted by molar-refractivity contribution is 0.102. The molecule has 25 heavy (non-hydrogen) atoms. The highest BCUT2D eigenvalue weighted by Crippen LogP contribution is 2.24. The predicted molar refractivity (Wildman–Crippen MR) is 99.5 cm³/mol. The van der Waals surface area contributed by atoms with E-state index in [9.17, 15) is 9.59 Å². The van der Waals surface area contributed by atoms with Gasteiger partial charge in [-0.25, -0.2) is 0 Å². The Kier molecular flexibility index (Phi) is 4.77. The number of nitrogens with two attached hydrogens (primary N) is 1. The molecule has 1 amide bonds. The number of carbonyl (C=O) groups is 1. The van der Waals surface area contributed by atoms with E-state index in [1.54, 1.807) is 24.4 Å². The van der Waals surface area contributed by atoms with Crippen molar-refractivity contribution in [1.82, 2.24) is 4.98 Å². The van der Waals surface area contributed by atoms with Gasteiger partial charge in [-0.15, -0.1) is 0 Å². The van der Waals surface area contributed by atoms with E-state index < -0.39 is 0 Å². The Morgan fingerprint density at radius 2 is 1.84 bits per heavy atom. The molecule has 1 heterocycles. The molecule has 4 N–H and O–H groups in total. The second-order valence-electron chi connectivity index (χ2n) is 5.82. The molecule has 0 atom stereocenters. The molecule has 0 saturated heterocycles. The highest BCUT2D eigenvalue weighted by molar-refractivity contribution is 6.08. The fourth-order valence-corrected chi connectivity index (χ4v) is 2.63. The third-order valence-corrected chi connectivity index (χ3v) is 3.97. The number of amides is 1. The number of hydrogen-bond acceptors (Lipinski definition) is 3. The number of anilines is 1. The average Bonchev–Trinajstić information content (AvgIpc) is 2.65. The number of benzene rings is 2. The van der Waals surface area contributed by atoms with Gasteiger partial charge in [-0.3, -0.25) is 9.59 Å². The first-order valence-electron chi connectivity index (χ1n) is 7.97. The zero-order chi connectivity index (χ0) is 17.8. The number of aromatic amines is 1. The Labute approximate surface area is 145 Å². The Bertz CT molecular complexity index is 959. The molecule has 5 heteroatoms. The van der Waals surface area contributed by atoms with Gasteiger partial charge in [0, 0.05) is 18.3 Å². The molecule has 0 radical (unpaired) electrons. The van der Waals surface area contributed by atoms with Crippen LogP contribution in [0.25, 0.3) is 11.1 Å². The summed E-state index contributed by atoms with van der Waals surface area (Å²) >= 11 is 0. The maximum atomic E-state index is 12.7. The number of aryl methyl sites for hydroxylation is 1. The summed E-state index contributed by atoms with van der Waals surface area (Å²) in [6.07, 6.45) is 1.60. The summed E-state index contributed by atoms with van der Waals surface area (Å²) in [5.74, 6) is -0.324. The Morgan fingerprint density at radius 3 is 2.56 bits per heavy atom. The predicted octanol–water partition coefficient (Wildman–Crippen LogP) is 3.06. The Morgan fingerprint density at radius 1 is 1.12 bits per heavy atom. The van der Waals surface area contributed by atoms with Crippen LogP contribution in [0.5, 0.6) is 0 Å². The zero-order valence-electron chi connectivity index (χ0n) is 13.9. The van der Waals surface area contributed by atoms with Gasteiger partial charge >= 0.3 is 0 Å². The highest BCUT2D eigenvalue weighted by atomic mass is 16.2. The van der Waals surface area contributed by atoms with Crippen LogP contribution in [0.15, 0.2) is 65.6 Å². The zero-order valence-corrected chi connectivity index (χ0v) is 13.9. The van der Waals surface area contributed by atoms with E-state index in [4.69, 9.17) is 5.73 Å². The largest absolute Gasteiger partial charge is 0.327 e. The summed E-state index contributed by atoms with van der Waals surface area (Å²) in [7, 11) is 0. The van der Waals surface area contributed by atoms with Crippen LogP contribution in [0.4, 0.5) is 5.69 Å². The molecule has 0 saturated carbocycles. The first kappa shape index (κ1) is 16.7. The van der Waals surface area contributed by atoms with Crippen molar-refractivity contribution >= 4 is 11.6 Å². The molecular formula is C20H19N3O2. The standard InChI is InChI=1S/C20H19N3O2/c1-13-10-18(20(25)22-12-13)23-19(24)17-5-3-2-4-16(17)15-8-6-14(11-21)7-9-15/h2-10,12H,11,21H2,1H3,(H,22,25)(H,23,24). The first-order chi connectivity index (χ1) is 12.1. The van der Waals surface area contributed by atoms with Crippen LogP contribution in [-0.2, 0) is 6.54 Å². The average molecular weight is 333 g/mol. The van der Waals surface area contributed by atoms with Crippen LogP contribution in [0, 0.1) is 6.92 Å². The van der Waals surface area contributed by atoms with Gasteiger partial charge in [0.1, 0.15) is 5.69 Å². The summed E-state index contributed by atoms with van der Waals surface area (Å²) in [5.41, 5.74) is 9.64. The van der Waals surface area contributed by atoms with E-state index in [0.717, 1.165) is 22.3 Å². The number of pyridine rings is 1. The molecule has 0 fully saturated rings. The number of carbonyl (C=O) groups excluding carboxylic acids is 1. The van der Waals surface area contributed by atoms with Gasteiger partial charge in [-0.05, 0) is 41.3 Å². The molecule has 126 valence electrons. The molecule has 5 nitrogen and oxygen atoms in total. The van der Waals surface area contributed by atoms with Gasteiger partial charge < -0.3 is 16.0 Å². The van der Waals surface area contributed by atoms with E-state index in [0.29, 0.717) is 12.1 Å². The van der Waals surface area contributed by atoms with Crippen molar-refractivity contribution in [1.29, 1.82) is 0 Å². The second kappa shape index (κ2) is 7.15. The van der Waals surface area contributed by atoms with E-state index >= 15 is 0 Å². The Hall–Kier alpha value is -3.18. The summed E-state index contributed by atoms with van der Waals surface area (Å²) < 4.78 is 0.